The Hall–Kier alpha value is -3.68. The Morgan fingerprint density at radius 1 is 0.857 bits per heavy atom. The highest BCUT2D eigenvalue weighted by molar-refractivity contribution is 5.97. The van der Waals surface area contributed by atoms with Crippen LogP contribution in [0.25, 0.3) is 6.08 Å². The van der Waals surface area contributed by atoms with Crippen LogP contribution in [0.4, 0.5) is 0 Å². The lowest BCUT2D eigenvalue weighted by molar-refractivity contribution is -0.128. The number of esters is 1. The Morgan fingerprint density at radius 3 is 2.00 bits per heavy atom. The molecule has 0 spiro atoms. The molecule has 148 valence electrons. The molecule has 0 radical (unpaired) electrons. The molecule has 0 aliphatic carbocycles. The Kier molecular flexibility index (Phi) is 6.86. The van der Waals surface area contributed by atoms with Crippen LogP contribution in [0.3, 0.4) is 0 Å². The van der Waals surface area contributed by atoms with Crippen LogP contribution >= 0.6 is 0 Å². The van der Waals surface area contributed by atoms with E-state index in [2.05, 4.69) is 0 Å². The van der Waals surface area contributed by atoms with E-state index in [1.54, 1.807) is 18.2 Å². The van der Waals surface area contributed by atoms with Crippen molar-refractivity contribution in [2.75, 3.05) is 28.4 Å². The minimum Gasteiger partial charge on any atom is -0.497 e. The molecule has 0 aliphatic heterocycles. The van der Waals surface area contributed by atoms with Crippen molar-refractivity contribution < 1.29 is 33.3 Å². The third-order valence-corrected chi connectivity index (χ3v) is 3.76. The number of primary amides is 1. The summed E-state index contributed by atoms with van der Waals surface area (Å²) in [7, 11) is 5.94. The predicted octanol–water partition coefficient (Wildman–Crippen LogP) is 2.44. The smallest absolute Gasteiger partial charge is 0.336 e. The van der Waals surface area contributed by atoms with Crippen LogP contribution in [0.5, 0.6) is 28.7 Å². The lowest BCUT2D eigenvalue weighted by Crippen LogP contribution is -2.15. The summed E-state index contributed by atoms with van der Waals surface area (Å²) in [5.41, 5.74) is 5.99. The minimum atomic E-state index is -0.723. The van der Waals surface area contributed by atoms with Gasteiger partial charge < -0.3 is 29.4 Å². The molecule has 0 saturated heterocycles. The lowest BCUT2D eigenvalue weighted by Gasteiger charge is -2.12. The standard InChI is InChI=1S/C20H21NO7/c1-24-13-6-7-14(20(21)23)15(11-13)28-18(22)8-5-12-9-16(25-2)19(27-4)17(10-12)26-3/h5-11H,1-4H3,(H2,21,23)/b8-5+. The van der Waals surface area contributed by atoms with Crippen LogP contribution in [0.1, 0.15) is 15.9 Å². The van der Waals surface area contributed by atoms with Gasteiger partial charge in [0.2, 0.25) is 5.75 Å². The lowest BCUT2D eigenvalue weighted by atomic mass is 10.1. The number of benzene rings is 2. The zero-order valence-electron chi connectivity index (χ0n) is 16.0. The third-order valence-electron chi connectivity index (χ3n) is 3.76. The SMILES string of the molecule is COc1ccc(C(N)=O)c(OC(=O)/C=C/c2cc(OC)c(OC)c(OC)c2)c1. The number of amides is 1. The Bertz CT molecular complexity index is 880. The van der Waals surface area contributed by atoms with Crippen LogP contribution in [0.15, 0.2) is 36.4 Å². The van der Waals surface area contributed by atoms with E-state index in [9.17, 15) is 9.59 Å². The average molecular weight is 387 g/mol. The molecule has 8 heteroatoms. The largest absolute Gasteiger partial charge is 0.497 e. The highest BCUT2D eigenvalue weighted by Gasteiger charge is 2.14. The van der Waals surface area contributed by atoms with Crippen molar-refractivity contribution >= 4 is 18.0 Å². The van der Waals surface area contributed by atoms with Crippen molar-refractivity contribution in [3.05, 3.63) is 47.5 Å². The van der Waals surface area contributed by atoms with Gasteiger partial charge in [-0.3, -0.25) is 4.79 Å². The fraction of sp³-hybridized carbons (Fsp3) is 0.200. The van der Waals surface area contributed by atoms with Crippen LogP contribution in [0, 0.1) is 0 Å². The van der Waals surface area contributed by atoms with E-state index in [0.717, 1.165) is 0 Å². The number of methoxy groups -OCH3 is 4. The van der Waals surface area contributed by atoms with Gasteiger partial charge in [0.15, 0.2) is 11.5 Å². The summed E-state index contributed by atoms with van der Waals surface area (Å²) < 4.78 is 26.1. The number of ether oxygens (including phenoxy) is 5. The van der Waals surface area contributed by atoms with E-state index in [4.69, 9.17) is 29.4 Å². The molecule has 1 amide bonds. The highest BCUT2D eigenvalue weighted by atomic mass is 16.5. The molecular weight excluding hydrogens is 366 g/mol. The molecule has 2 aromatic rings. The Balaban J connectivity index is 2.26. The van der Waals surface area contributed by atoms with Crippen molar-refractivity contribution in [3.63, 3.8) is 0 Å². The van der Waals surface area contributed by atoms with E-state index >= 15 is 0 Å². The first-order valence-electron chi connectivity index (χ1n) is 8.11. The second kappa shape index (κ2) is 9.31. The molecule has 0 bridgehead atoms. The summed E-state index contributed by atoms with van der Waals surface area (Å²) in [6.07, 6.45) is 2.71. The van der Waals surface area contributed by atoms with E-state index in [-0.39, 0.29) is 11.3 Å². The Labute approximate surface area is 162 Å². The molecule has 0 saturated carbocycles. The average Bonchev–Trinajstić information content (AvgIpc) is 2.70. The van der Waals surface area contributed by atoms with Gasteiger partial charge in [0.05, 0.1) is 34.0 Å². The maximum atomic E-state index is 12.2. The van der Waals surface area contributed by atoms with Gasteiger partial charge in [0, 0.05) is 12.1 Å². The molecule has 28 heavy (non-hydrogen) atoms. The third kappa shape index (κ3) is 4.73. The van der Waals surface area contributed by atoms with Crippen LogP contribution in [0.2, 0.25) is 0 Å². The maximum absolute atomic E-state index is 12.2. The number of rotatable bonds is 8. The maximum Gasteiger partial charge on any atom is 0.336 e. The van der Waals surface area contributed by atoms with Crippen molar-refractivity contribution in [1.82, 2.24) is 0 Å². The first-order chi connectivity index (χ1) is 13.4. The van der Waals surface area contributed by atoms with Gasteiger partial charge in [0.25, 0.3) is 5.91 Å². The molecular formula is C20H21NO7. The highest BCUT2D eigenvalue weighted by Crippen LogP contribution is 2.38. The fourth-order valence-corrected chi connectivity index (χ4v) is 2.42. The molecule has 0 heterocycles. The van der Waals surface area contributed by atoms with Crippen molar-refractivity contribution in [2.45, 2.75) is 0 Å². The predicted molar refractivity (Wildman–Crippen MR) is 102 cm³/mol. The molecule has 0 unspecified atom stereocenters. The van der Waals surface area contributed by atoms with Gasteiger partial charge in [-0.25, -0.2) is 4.79 Å². The summed E-state index contributed by atoms with van der Waals surface area (Å²) in [5, 5.41) is 0. The van der Waals surface area contributed by atoms with Crippen molar-refractivity contribution in [2.24, 2.45) is 5.73 Å². The van der Waals surface area contributed by atoms with Crippen molar-refractivity contribution in [1.29, 1.82) is 0 Å². The van der Waals surface area contributed by atoms with Gasteiger partial charge in [0.1, 0.15) is 11.5 Å². The van der Waals surface area contributed by atoms with Crippen LogP contribution in [-0.2, 0) is 4.79 Å². The van der Waals surface area contributed by atoms with E-state index in [1.807, 2.05) is 0 Å². The first kappa shape index (κ1) is 20.6. The summed E-state index contributed by atoms with van der Waals surface area (Å²) in [6, 6.07) is 7.72. The molecule has 2 N–H and O–H groups in total. The number of carbonyl (C=O) groups is 2. The van der Waals surface area contributed by atoms with Gasteiger partial charge in [-0.2, -0.15) is 0 Å². The topological polar surface area (TPSA) is 106 Å². The molecule has 2 rings (SSSR count). The normalized spacial score (nSPS) is 10.4. The van der Waals surface area contributed by atoms with Gasteiger partial charge >= 0.3 is 5.97 Å². The van der Waals surface area contributed by atoms with Crippen LogP contribution < -0.4 is 29.4 Å². The zero-order valence-corrected chi connectivity index (χ0v) is 16.0. The number of hydrogen-bond acceptors (Lipinski definition) is 7. The first-order valence-corrected chi connectivity index (χ1v) is 8.11. The fourth-order valence-electron chi connectivity index (χ4n) is 2.42. The van der Waals surface area contributed by atoms with Gasteiger partial charge in [-0.15, -0.1) is 0 Å². The van der Waals surface area contributed by atoms with Crippen molar-refractivity contribution in [3.8, 4) is 28.7 Å². The second-order valence-electron chi connectivity index (χ2n) is 5.44. The zero-order chi connectivity index (χ0) is 20.7. The van der Waals surface area contributed by atoms with E-state index < -0.39 is 11.9 Å². The summed E-state index contributed by atoms with van der Waals surface area (Å²) in [4.78, 5) is 23.7. The van der Waals surface area contributed by atoms with Crippen LogP contribution in [-0.4, -0.2) is 40.3 Å². The summed E-state index contributed by atoms with van der Waals surface area (Å²) in [5.74, 6) is 0.320. The molecule has 2 aromatic carbocycles. The number of nitrogens with two attached hydrogens (primary N) is 1. The second-order valence-corrected chi connectivity index (χ2v) is 5.44. The molecule has 0 fully saturated rings. The molecule has 0 aromatic heterocycles. The minimum absolute atomic E-state index is 0.00592. The quantitative estimate of drug-likeness (QED) is 0.421. The summed E-state index contributed by atoms with van der Waals surface area (Å²) >= 11 is 0. The monoisotopic (exact) mass is 387 g/mol. The van der Waals surface area contributed by atoms with E-state index in [1.165, 1.54) is 52.7 Å². The molecule has 8 nitrogen and oxygen atoms in total. The molecule has 0 aliphatic rings. The van der Waals surface area contributed by atoms with Gasteiger partial charge in [-0.05, 0) is 35.9 Å². The molecule has 0 atom stereocenters. The summed E-state index contributed by atoms with van der Waals surface area (Å²) in [6.45, 7) is 0. The van der Waals surface area contributed by atoms with Gasteiger partial charge in [-0.1, -0.05) is 0 Å². The number of carbonyl (C=O) groups excluding carboxylic acids is 2. The Morgan fingerprint density at radius 2 is 1.50 bits per heavy atom. The van der Waals surface area contributed by atoms with E-state index in [0.29, 0.717) is 28.6 Å². The number of hydrogen-bond donors (Lipinski definition) is 1.